The summed E-state index contributed by atoms with van der Waals surface area (Å²) in [5, 5.41) is 3.73. The van der Waals surface area contributed by atoms with Crippen molar-refractivity contribution >= 4 is 50.3 Å². The molecule has 0 bridgehead atoms. The van der Waals surface area contributed by atoms with Crippen LogP contribution in [-0.2, 0) is 0 Å². The van der Waals surface area contributed by atoms with Crippen LogP contribution in [0.25, 0.3) is 11.0 Å². The quantitative estimate of drug-likeness (QED) is 0.654. The predicted octanol–water partition coefficient (Wildman–Crippen LogP) is 5.17. The number of hydrogen-bond donors (Lipinski definition) is 1. The third-order valence-electron chi connectivity index (χ3n) is 3.07. The molecule has 0 radical (unpaired) electrons. The van der Waals surface area contributed by atoms with Crippen LogP contribution in [0.5, 0.6) is 0 Å². The first-order valence-corrected chi connectivity index (χ1v) is 8.32. The molecule has 0 atom stereocenters. The van der Waals surface area contributed by atoms with E-state index in [0.29, 0.717) is 11.3 Å². The van der Waals surface area contributed by atoms with Crippen molar-refractivity contribution in [2.24, 2.45) is 0 Å². The van der Waals surface area contributed by atoms with Crippen LogP contribution in [0.15, 0.2) is 62.3 Å². The van der Waals surface area contributed by atoms with Crippen LogP contribution in [0.3, 0.4) is 0 Å². The number of furan rings is 1. The topological polar surface area (TPSA) is 42.2 Å². The van der Waals surface area contributed by atoms with Crippen LogP contribution in [0.4, 0.5) is 5.69 Å². The van der Waals surface area contributed by atoms with Gasteiger partial charge in [-0.1, -0.05) is 12.1 Å². The molecule has 1 N–H and O–H groups in total. The minimum Gasteiger partial charge on any atom is -0.450 e. The maximum absolute atomic E-state index is 12.2. The summed E-state index contributed by atoms with van der Waals surface area (Å²) in [5.74, 6) is 0.0424. The Bertz CT molecular complexity index is 796. The number of amides is 1. The minimum absolute atomic E-state index is 0.255. The van der Waals surface area contributed by atoms with Gasteiger partial charge in [0, 0.05) is 16.0 Å². The molecule has 3 nitrogen and oxygen atoms in total. The van der Waals surface area contributed by atoms with Gasteiger partial charge in [0.05, 0.1) is 4.47 Å². The van der Waals surface area contributed by atoms with Gasteiger partial charge in [0.1, 0.15) is 5.58 Å². The monoisotopic (exact) mass is 361 g/mol. The summed E-state index contributed by atoms with van der Waals surface area (Å²) in [6.07, 6.45) is 2.01. The molecule has 0 aliphatic heterocycles. The second-order valence-electron chi connectivity index (χ2n) is 4.45. The van der Waals surface area contributed by atoms with Crippen molar-refractivity contribution in [3.05, 3.63) is 58.8 Å². The number of carbonyl (C=O) groups excluding carboxylic acids is 1. The largest absolute Gasteiger partial charge is 0.450 e. The number of rotatable bonds is 3. The van der Waals surface area contributed by atoms with E-state index in [1.807, 2.05) is 48.7 Å². The van der Waals surface area contributed by atoms with E-state index in [-0.39, 0.29) is 5.91 Å². The molecule has 3 rings (SSSR count). The summed E-state index contributed by atoms with van der Waals surface area (Å²) >= 11 is 5.08. The highest BCUT2D eigenvalue weighted by Gasteiger charge is 2.13. The lowest BCUT2D eigenvalue weighted by Gasteiger charge is -2.03. The first-order chi connectivity index (χ1) is 10.2. The summed E-state index contributed by atoms with van der Waals surface area (Å²) in [6, 6.07) is 15.1. The van der Waals surface area contributed by atoms with Crippen molar-refractivity contribution in [3.63, 3.8) is 0 Å². The Balaban J connectivity index is 1.84. The van der Waals surface area contributed by atoms with Crippen molar-refractivity contribution in [1.29, 1.82) is 0 Å². The van der Waals surface area contributed by atoms with Crippen molar-refractivity contribution in [1.82, 2.24) is 0 Å². The lowest BCUT2D eigenvalue weighted by Crippen LogP contribution is -2.10. The predicted molar refractivity (Wildman–Crippen MR) is 90.1 cm³/mol. The third kappa shape index (κ3) is 2.99. The fraction of sp³-hybridized carbons (Fsp3) is 0.0625. The van der Waals surface area contributed by atoms with Gasteiger partial charge in [-0.25, -0.2) is 0 Å². The second kappa shape index (κ2) is 5.95. The van der Waals surface area contributed by atoms with Crippen LogP contribution < -0.4 is 5.32 Å². The molecular formula is C16H12BrNO2S. The lowest BCUT2D eigenvalue weighted by atomic mass is 10.2. The number of para-hydroxylation sites is 1. The molecule has 1 heterocycles. The molecule has 0 spiro atoms. The molecule has 1 amide bonds. The Morgan fingerprint density at radius 3 is 2.62 bits per heavy atom. The fourth-order valence-electron chi connectivity index (χ4n) is 2.01. The SMILES string of the molecule is CSc1ccc(NC(=O)c2cc3cccc(Br)c3o2)cc1. The van der Waals surface area contributed by atoms with Crippen molar-refractivity contribution in [2.45, 2.75) is 4.90 Å². The van der Waals surface area contributed by atoms with E-state index >= 15 is 0 Å². The van der Waals surface area contributed by atoms with E-state index in [1.54, 1.807) is 17.8 Å². The number of carbonyl (C=O) groups is 1. The summed E-state index contributed by atoms with van der Waals surface area (Å²) in [5.41, 5.74) is 1.43. The molecule has 0 saturated carbocycles. The third-order valence-corrected chi connectivity index (χ3v) is 4.44. The maximum atomic E-state index is 12.2. The van der Waals surface area contributed by atoms with Crippen molar-refractivity contribution < 1.29 is 9.21 Å². The molecule has 0 unspecified atom stereocenters. The Hall–Kier alpha value is -1.72. The standard InChI is InChI=1S/C16H12BrNO2S/c1-21-12-7-5-11(6-8-12)18-16(19)14-9-10-3-2-4-13(17)15(10)20-14/h2-9H,1H3,(H,18,19). The lowest BCUT2D eigenvalue weighted by molar-refractivity contribution is 0.0998. The molecule has 1 aromatic heterocycles. The van der Waals surface area contributed by atoms with Crippen LogP contribution in [0, 0.1) is 0 Å². The van der Waals surface area contributed by atoms with Gasteiger partial charge in [-0.15, -0.1) is 11.8 Å². The zero-order chi connectivity index (χ0) is 14.8. The average Bonchev–Trinajstić information content (AvgIpc) is 2.94. The molecule has 0 fully saturated rings. The van der Waals surface area contributed by atoms with Gasteiger partial charge in [-0.05, 0) is 58.6 Å². The molecule has 0 aliphatic carbocycles. The van der Waals surface area contributed by atoms with E-state index in [9.17, 15) is 4.79 Å². The number of thioether (sulfide) groups is 1. The molecule has 21 heavy (non-hydrogen) atoms. The van der Waals surface area contributed by atoms with Crippen LogP contribution in [0.2, 0.25) is 0 Å². The zero-order valence-electron chi connectivity index (χ0n) is 11.2. The normalized spacial score (nSPS) is 10.8. The first kappa shape index (κ1) is 14.2. The molecule has 3 aromatic rings. The van der Waals surface area contributed by atoms with Gasteiger partial charge in [-0.2, -0.15) is 0 Å². The number of fused-ring (bicyclic) bond motifs is 1. The van der Waals surface area contributed by atoms with Gasteiger partial charge in [0.2, 0.25) is 0 Å². The summed E-state index contributed by atoms with van der Waals surface area (Å²) < 4.78 is 6.45. The highest BCUT2D eigenvalue weighted by Crippen LogP contribution is 2.27. The molecule has 0 aliphatic rings. The summed E-state index contributed by atoms with van der Waals surface area (Å²) in [4.78, 5) is 13.4. The number of hydrogen-bond acceptors (Lipinski definition) is 3. The van der Waals surface area contributed by atoms with Gasteiger partial charge >= 0.3 is 0 Å². The Morgan fingerprint density at radius 1 is 1.19 bits per heavy atom. The van der Waals surface area contributed by atoms with E-state index in [4.69, 9.17) is 4.42 Å². The highest BCUT2D eigenvalue weighted by molar-refractivity contribution is 9.10. The van der Waals surface area contributed by atoms with Crippen LogP contribution >= 0.6 is 27.7 Å². The van der Waals surface area contributed by atoms with E-state index < -0.39 is 0 Å². The van der Waals surface area contributed by atoms with E-state index in [2.05, 4.69) is 21.2 Å². The maximum Gasteiger partial charge on any atom is 0.291 e. The highest BCUT2D eigenvalue weighted by atomic mass is 79.9. The van der Waals surface area contributed by atoms with E-state index in [1.165, 1.54) is 0 Å². The van der Waals surface area contributed by atoms with Crippen LogP contribution in [0.1, 0.15) is 10.6 Å². The molecular weight excluding hydrogens is 350 g/mol. The number of nitrogens with one attached hydrogen (secondary N) is 1. The first-order valence-electron chi connectivity index (χ1n) is 6.31. The van der Waals surface area contributed by atoms with E-state index in [0.717, 1.165) is 20.4 Å². The number of anilines is 1. The minimum atomic E-state index is -0.255. The Kier molecular flexibility index (Phi) is 4.03. The number of halogens is 1. The second-order valence-corrected chi connectivity index (χ2v) is 6.19. The molecule has 106 valence electrons. The molecule has 5 heteroatoms. The smallest absolute Gasteiger partial charge is 0.291 e. The van der Waals surface area contributed by atoms with Gasteiger partial charge in [-0.3, -0.25) is 4.79 Å². The Labute approximate surface area is 134 Å². The fourth-order valence-corrected chi connectivity index (χ4v) is 2.88. The van der Waals surface area contributed by atoms with Gasteiger partial charge in [0.25, 0.3) is 5.91 Å². The zero-order valence-corrected chi connectivity index (χ0v) is 13.6. The van der Waals surface area contributed by atoms with Gasteiger partial charge < -0.3 is 9.73 Å². The average molecular weight is 362 g/mol. The molecule has 0 saturated heterocycles. The van der Waals surface area contributed by atoms with Crippen LogP contribution in [-0.4, -0.2) is 12.2 Å². The van der Waals surface area contributed by atoms with Crippen molar-refractivity contribution in [2.75, 3.05) is 11.6 Å². The summed E-state index contributed by atoms with van der Waals surface area (Å²) in [6.45, 7) is 0. The number of benzene rings is 2. The summed E-state index contributed by atoms with van der Waals surface area (Å²) in [7, 11) is 0. The Morgan fingerprint density at radius 2 is 1.95 bits per heavy atom. The molecule has 2 aromatic carbocycles. The van der Waals surface area contributed by atoms with Crippen molar-refractivity contribution in [3.8, 4) is 0 Å². The van der Waals surface area contributed by atoms with Gasteiger partial charge in [0.15, 0.2) is 5.76 Å².